The molecule has 106 valence electrons. The van der Waals surface area contributed by atoms with Crippen molar-refractivity contribution in [2.45, 2.75) is 11.6 Å². The molecule has 1 fully saturated rings. The van der Waals surface area contributed by atoms with E-state index in [-0.39, 0.29) is 5.69 Å². The molecule has 0 radical (unpaired) electrons. The second kappa shape index (κ2) is 5.29. The summed E-state index contributed by atoms with van der Waals surface area (Å²) in [7, 11) is -1.20. The Morgan fingerprint density at radius 1 is 1.50 bits per heavy atom. The molecule has 2 N–H and O–H groups in total. The van der Waals surface area contributed by atoms with Crippen LogP contribution in [0.15, 0.2) is 23.4 Å². The second-order valence-electron chi connectivity index (χ2n) is 4.87. The van der Waals surface area contributed by atoms with E-state index in [1.165, 1.54) is 12.1 Å². The first kappa shape index (κ1) is 13.2. The molecular weight excluding hydrogens is 280 g/mol. The van der Waals surface area contributed by atoms with E-state index in [0.29, 0.717) is 27.9 Å². The fraction of sp³-hybridized carbons (Fsp3) is 0.417. The van der Waals surface area contributed by atoms with Crippen molar-refractivity contribution in [2.75, 3.05) is 18.8 Å². The first-order valence-corrected chi connectivity index (χ1v) is 7.68. The van der Waals surface area contributed by atoms with Gasteiger partial charge in [-0.15, -0.1) is 0 Å². The highest BCUT2D eigenvalue weighted by molar-refractivity contribution is 7.84. The first-order valence-electron chi connectivity index (χ1n) is 6.37. The van der Waals surface area contributed by atoms with Crippen molar-refractivity contribution < 1.29 is 9.13 Å². The van der Waals surface area contributed by atoms with Gasteiger partial charge in [0, 0.05) is 17.9 Å². The summed E-state index contributed by atoms with van der Waals surface area (Å²) in [6.45, 7) is 1.85. The lowest BCUT2D eigenvalue weighted by Gasteiger charge is -2.05. The number of aromatic amines is 1. The minimum Gasteiger partial charge on any atom is -0.331 e. The van der Waals surface area contributed by atoms with Gasteiger partial charge in [0.05, 0.1) is 26.8 Å². The molecule has 2 aromatic rings. The Morgan fingerprint density at radius 3 is 3.05 bits per heavy atom. The Kier molecular flexibility index (Phi) is 3.49. The van der Waals surface area contributed by atoms with E-state index < -0.39 is 15.7 Å². The van der Waals surface area contributed by atoms with Gasteiger partial charge in [-0.3, -0.25) is 14.3 Å². The Labute approximate surface area is 117 Å². The van der Waals surface area contributed by atoms with Gasteiger partial charge in [0.15, 0.2) is 5.16 Å². The van der Waals surface area contributed by atoms with Crippen LogP contribution in [0, 0.1) is 16.0 Å². The molecule has 1 saturated heterocycles. The Bertz CT molecular complexity index is 678. The van der Waals surface area contributed by atoms with Crippen molar-refractivity contribution in [3.8, 4) is 0 Å². The summed E-state index contributed by atoms with van der Waals surface area (Å²) < 4.78 is 12.2. The number of imidazole rings is 1. The van der Waals surface area contributed by atoms with E-state index in [2.05, 4.69) is 15.3 Å². The number of H-pyrrole nitrogens is 1. The largest absolute Gasteiger partial charge is 0.331 e. The van der Waals surface area contributed by atoms with Gasteiger partial charge in [-0.25, -0.2) is 4.98 Å². The number of nitro benzene ring substituents is 1. The van der Waals surface area contributed by atoms with Crippen LogP contribution in [0.5, 0.6) is 0 Å². The Hall–Kier alpha value is -1.80. The quantitative estimate of drug-likeness (QED) is 0.651. The number of hydrogen-bond donors (Lipinski definition) is 2. The van der Waals surface area contributed by atoms with Gasteiger partial charge in [0.25, 0.3) is 5.69 Å². The van der Waals surface area contributed by atoms with Crippen LogP contribution in [0.2, 0.25) is 0 Å². The molecule has 1 aromatic carbocycles. The third kappa shape index (κ3) is 2.56. The van der Waals surface area contributed by atoms with Crippen molar-refractivity contribution in [1.82, 2.24) is 15.3 Å². The number of benzene rings is 1. The van der Waals surface area contributed by atoms with Crippen LogP contribution in [0.4, 0.5) is 5.69 Å². The highest BCUT2D eigenvalue weighted by atomic mass is 32.2. The zero-order valence-electron chi connectivity index (χ0n) is 10.7. The third-order valence-corrected chi connectivity index (χ3v) is 4.82. The number of non-ortho nitro benzene ring substituents is 1. The van der Waals surface area contributed by atoms with E-state index in [9.17, 15) is 14.3 Å². The fourth-order valence-electron chi connectivity index (χ4n) is 2.35. The molecule has 20 heavy (non-hydrogen) atoms. The summed E-state index contributed by atoms with van der Waals surface area (Å²) in [5, 5.41) is 14.4. The average Bonchev–Trinajstić information content (AvgIpc) is 3.05. The van der Waals surface area contributed by atoms with Crippen LogP contribution in [-0.2, 0) is 10.8 Å². The molecule has 0 bridgehead atoms. The maximum Gasteiger partial charge on any atom is 0.271 e. The van der Waals surface area contributed by atoms with Gasteiger partial charge >= 0.3 is 0 Å². The van der Waals surface area contributed by atoms with E-state index >= 15 is 0 Å². The minimum absolute atomic E-state index is 0.00141. The highest BCUT2D eigenvalue weighted by Gasteiger charge is 2.20. The summed E-state index contributed by atoms with van der Waals surface area (Å²) in [6, 6.07) is 4.39. The lowest BCUT2D eigenvalue weighted by molar-refractivity contribution is -0.384. The molecule has 0 spiro atoms. The molecule has 1 aromatic heterocycles. The van der Waals surface area contributed by atoms with E-state index in [4.69, 9.17) is 0 Å². The van der Waals surface area contributed by atoms with Crippen molar-refractivity contribution in [3.63, 3.8) is 0 Å². The van der Waals surface area contributed by atoms with Crippen LogP contribution in [0.25, 0.3) is 11.0 Å². The highest BCUT2D eigenvalue weighted by Crippen LogP contribution is 2.21. The number of fused-ring (bicyclic) bond motifs is 1. The molecule has 0 aliphatic carbocycles. The number of nitrogens with one attached hydrogen (secondary N) is 2. The summed E-state index contributed by atoms with van der Waals surface area (Å²) in [4.78, 5) is 17.4. The van der Waals surface area contributed by atoms with Crippen LogP contribution in [-0.4, -0.2) is 37.9 Å². The van der Waals surface area contributed by atoms with E-state index in [1.54, 1.807) is 6.07 Å². The summed E-state index contributed by atoms with van der Waals surface area (Å²) in [5.41, 5.74) is 1.15. The maximum atomic E-state index is 12.2. The van der Waals surface area contributed by atoms with Crippen molar-refractivity contribution in [1.29, 1.82) is 0 Å². The third-order valence-electron chi connectivity index (χ3n) is 3.42. The van der Waals surface area contributed by atoms with Crippen LogP contribution in [0.3, 0.4) is 0 Å². The van der Waals surface area contributed by atoms with Gasteiger partial charge in [-0.2, -0.15) is 0 Å². The predicted molar refractivity (Wildman–Crippen MR) is 75.0 cm³/mol. The molecule has 0 saturated carbocycles. The monoisotopic (exact) mass is 294 g/mol. The van der Waals surface area contributed by atoms with Crippen LogP contribution in [0.1, 0.15) is 6.42 Å². The molecule has 8 heteroatoms. The molecular formula is C12H14N4O3S. The second-order valence-corrected chi connectivity index (χ2v) is 6.28. The summed E-state index contributed by atoms with van der Waals surface area (Å²) in [5.74, 6) is 0.966. The van der Waals surface area contributed by atoms with Gasteiger partial charge in [0.1, 0.15) is 0 Å². The molecule has 2 atom stereocenters. The van der Waals surface area contributed by atoms with Gasteiger partial charge < -0.3 is 10.3 Å². The lowest BCUT2D eigenvalue weighted by atomic mass is 10.2. The molecule has 3 rings (SSSR count). The normalized spacial score (nSPS) is 20.3. The Morgan fingerprint density at radius 2 is 2.35 bits per heavy atom. The van der Waals surface area contributed by atoms with Crippen molar-refractivity contribution in [2.24, 2.45) is 5.92 Å². The van der Waals surface area contributed by atoms with Gasteiger partial charge in [-0.05, 0) is 31.5 Å². The molecule has 1 aliphatic heterocycles. The van der Waals surface area contributed by atoms with E-state index in [0.717, 1.165) is 19.5 Å². The van der Waals surface area contributed by atoms with Crippen LogP contribution >= 0.6 is 0 Å². The minimum atomic E-state index is -1.20. The van der Waals surface area contributed by atoms with Crippen molar-refractivity contribution in [3.05, 3.63) is 28.3 Å². The average molecular weight is 294 g/mol. The molecule has 2 heterocycles. The SMILES string of the molecule is O=[N+]([O-])c1ccc2nc([S@](=O)C[C@@H]3CCNC3)[nH]c2c1. The molecule has 0 amide bonds. The predicted octanol–water partition coefficient (Wildman–Crippen LogP) is 1.19. The smallest absolute Gasteiger partial charge is 0.271 e. The molecule has 0 unspecified atom stereocenters. The molecule has 1 aliphatic rings. The van der Waals surface area contributed by atoms with Crippen molar-refractivity contribution >= 4 is 27.5 Å². The maximum absolute atomic E-state index is 12.2. The number of rotatable bonds is 4. The van der Waals surface area contributed by atoms with E-state index in [1.807, 2.05) is 0 Å². The van der Waals surface area contributed by atoms with Gasteiger partial charge in [-0.1, -0.05) is 0 Å². The van der Waals surface area contributed by atoms with Gasteiger partial charge in [0.2, 0.25) is 0 Å². The molecule has 7 nitrogen and oxygen atoms in total. The number of nitro groups is 1. The zero-order valence-corrected chi connectivity index (χ0v) is 11.5. The first-order chi connectivity index (χ1) is 9.63. The number of nitrogens with zero attached hydrogens (tertiary/aromatic N) is 2. The lowest BCUT2D eigenvalue weighted by Crippen LogP contribution is -2.15. The topological polar surface area (TPSA) is 101 Å². The summed E-state index contributed by atoms with van der Waals surface area (Å²) >= 11 is 0. The number of aromatic nitrogens is 2. The van der Waals surface area contributed by atoms with Crippen LogP contribution < -0.4 is 5.32 Å². The fourth-order valence-corrected chi connectivity index (χ4v) is 3.64. The summed E-state index contributed by atoms with van der Waals surface area (Å²) in [6.07, 6.45) is 1.03. The number of hydrogen-bond acceptors (Lipinski definition) is 5. The zero-order chi connectivity index (χ0) is 14.1. The Balaban J connectivity index is 1.84. The standard InChI is InChI=1S/C12H14N4O3S/c17-16(18)9-1-2-10-11(5-9)15-12(14-10)20(19)7-8-3-4-13-6-8/h1-2,5,8,13H,3-4,6-7H2,(H,14,15)/t8-,20-/m1/s1.